The largest absolute Gasteiger partial charge is 0.369 e. The van der Waals surface area contributed by atoms with Gasteiger partial charge in [0, 0.05) is 43.5 Å². The van der Waals surface area contributed by atoms with Gasteiger partial charge >= 0.3 is 0 Å². The number of nitrogens with one attached hydrogen (secondary N) is 2. The van der Waals surface area contributed by atoms with Crippen LogP contribution in [0.2, 0.25) is 0 Å². The van der Waals surface area contributed by atoms with Crippen molar-refractivity contribution in [2.75, 3.05) is 44.2 Å². The third-order valence-electron chi connectivity index (χ3n) is 6.64. The number of nitrogens with two attached hydrogens (primary N) is 1. The summed E-state index contributed by atoms with van der Waals surface area (Å²) < 4.78 is 0. The summed E-state index contributed by atoms with van der Waals surface area (Å²) in [5.74, 6) is 1.39. The first-order valence-corrected chi connectivity index (χ1v) is 12.2. The molecule has 2 saturated heterocycles. The van der Waals surface area contributed by atoms with Crippen LogP contribution >= 0.6 is 24.0 Å². The van der Waals surface area contributed by atoms with E-state index >= 15 is 0 Å². The normalized spacial score (nSPS) is 20.2. The van der Waals surface area contributed by atoms with Crippen molar-refractivity contribution < 1.29 is 4.79 Å². The van der Waals surface area contributed by atoms with E-state index in [1.54, 1.807) is 6.20 Å². The zero-order chi connectivity index (χ0) is 23.0. The average Bonchev–Trinajstić information content (AvgIpc) is 2.81. The van der Waals surface area contributed by atoms with Crippen LogP contribution in [0.15, 0.2) is 23.3 Å². The molecule has 1 unspecified atom stereocenters. The number of rotatable bonds is 8. The molecule has 2 aliphatic rings. The Kier molecular flexibility index (Phi) is 11.1. The van der Waals surface area contributed by atoms with Gasteiger partial charge in [0.25, 0.3) is 0 Å². The average molecular weight is 572 g/mol. The maximum atomic E-state index is 11.7. The van der Waals surface area contributed by atoms with Crippen LogP contribution in [-0.4, -0.2) is 66.6 Å². The number of nitrogens with zero attached hydrogens (tertiary/aromatic N) is 4. The Morgan fingerprint density at radius 2 is 1.97 bits per heavy atom. The van der Waals surface area contributed by atoms with Gasteiger partial charge in [-0.2, -0.15) is 0 Å². The topological polar surface area (TPSA) is 98.9 Å². The molecule has 3 rings (SSSR count). The summed E-state index contributed by atoms with van der Waals surface area (Å²) in [6.07, 6.45) is 7.52. The summed E-state index contributed by atoms with van der Waals surface area (Å²) in [6.45, 7) is 12.7. The number of halogens is 1. The molecule has 8 nitrogen and oxygen atoms in total. The summed E-state index contributed by atoms with van der Waals surface area (Å²) in [6, 6.07) is 4.02. The minimum absolute atomic E-state index is 0. The Hall–Kier alpha value is -1.62. The Balaban J connectivity index is 0.00000385. The molecule has 0 aromatic carbocycles. The number of aromatic nitrogens is 1. The minimum Gasteiger partial charge on any atom is -0.369 e. The SMILES string of the molecule is CCNC(=NCc1cccnc1N1CCCC(C(N)=O)C1)NCC(C)(C)N1CCCCC1.I. The molecule has 0 aliphatic carbocycles. The maximum absolute atomic E-state index is 11.7. The Morgan fingerprint density at radius 3 is 2.67 bits per heavy atom. The van der Waals surface area contributed by atoms with E-state index in [1.165, 1.54) is 32.4 Å². The van der Waals surface area contributed by atoms with Gasteiger partial charge in [-0.25, -0.2) is 9.98 Å². The van der Waals surface area contributed by atoms with E-state index in [2.05, 4.69) is 52.3 Å². The summed E-state index contributed by atoms with van der Waals surface area (Å²) in [5.41, 5.74) is 6.71. The lowest BCUT2D eigenvalue weighted by Gasteiger charge is -2.41. The molecule has 0 bridgehead atoms. The van der Waals surface area contributed by atoms with E-state index in [9.17, 15) is 4.79 Å². The van der Waals surface area contributed by atoms with E-state index in [0.29, 0.717) is 13.1 Å². The highest BCUT2D eigenvalue weighted by molar-refractivity contribution is 14.0. The van der Waals surface area contributed by atoms with E-state index in [1.807, 2.05) is 6.07 Å². The van der Waals surface area contributed by atoms with Crippen molar-refractivity contribution in [3.8, 4) is 0 Å². The van der Waals surface area contributed by atoms with E-state index in [-0.39, 0.29) is 41.3 Å². The van der Waals surface area contributed by atoms with Gasteiger partial charge < -0.3 is 21.3 Å². The number of amides is 1. The molecule has 1 atom stereocenters. The third-order valence-corrected chi connectivity index (χ3v) is 6.64. The highest BCUT2D eigenvalue weighted by Crippen LogP contribution is 2.25. The van der Waals surface area contributed by atoms with Crippen molar-refractivity contribution >= 4 is 41.7 Å². The minimum atomic E-state index is -0.222. The Morgan fingerprint density at radius 1 is 1.21 bits per heavy atom. The third kappa shape index (κ3) is 7.98. The van der Waals surface area contributed by atoms with Crippen molar-refractivity contribution in [2.24, 2.45) is 16.6 Å². The number of guanidine groups is 1. The van der Waals surface area contributed by atoms with Crippen LogP contribution in [-0.2, 0) is 11.3 Å². The van der Waals surface area contributed by atoms with Crippen molar-refractivity contribution in [2.45, 2.75) is 65.0 Å². The number of primary amides is 1. The fourth-order valence-corrected chi connectivity index (χ4v) is 4.66. The second-order valence-corrected chi connectivity index (χ2v) is 9.58. The Bertz CT molecular complexity index is 780. The van der Waals surface area contributed by atoms with Gasteiger partial charge in [0.15, 0.2) is 5.96 Å². The fourth-order valence-electron chi connectivity index (χ4n) is 4.66. The molecule has 2 aliphatic heterocycles. The molecule has 33 heavy (non-hydrogen) atoms. The molecule has 186 valence electrons. The molecule has 0 saturated carbocycles. The van der Waals surface area contributed by atoms with Crippen LogP contribution in [0.5, 0.6) is 0 Å². The number of carbonyl (C=O) groups is 1. The molecule has 9 heteroatoms. The molecule has 2 fully saturated rings. The zero-order valence-corrected chi connectivity index (χ0v) is 22.8. The summed E-state index contributed by atoms with van der Waals surface area (Å²) in [4.78, 5) is 26.0. The van der Waals surface area contributed by atoms with Gasteiger partial charge in [-0.15, -0.1) is 24.0 Å². The van der Waals surface area contributed by atoms with Crippen molar-refractivity contribution in [3.05, 3.63) is 23.9 Å². The maximum Gasteiger partial charge on any atom is 0.222 e. The van der Waals surface area contributed by atoms with Gasteiger partial charge in [-0.05, 0) is 65.6 Å². The van der Waals surface area contributed by atoms with Crippen molar-refractivity contribution in [1.82, 2.24) is 20.5 Å². The summed E-state index contributed by atoms with van der Waals surface area (Å²) in [5, 5.41) is 6.93. The van der Waals surface area contributed by atoms with Crippen molar-refractivity contribution in [3.63, 3.8) is 0 Å². The number of pyridine rings is 1. The van der Waals surface area contributed by atoms with Gasteiger partial charge in [0.05, 0.1) is 12.5 Å². The molecule has 0 spiro atoms. The lowest BCUT2D eigenvalue weighted by molar-refractivity contribution is -0.122. The highest BCUT2D eigenvalue weighted by atomic mass is 127. The summed E-state index contributed by atoms with van der Waals surface area (Å²) >= 11 is 0. The van der Waals surface area contributed by atoms with Crippen LogP contribution in [0.3, 0.4) is 0 Å². The van der Waals surface area contributed by atoms with Crippen LogP contribution in [0, 0.1) is 5.92 Å². The summed E-state index contributed by atoms with van der Waals surface area (Å²) in [7, 11) is 0. The molecule has 1 amide bonds. The van der Waals surface area contributed by atoms with Crippen LogP contribution in [0.25, 0.3) is 0 Å². The van der Waals surface area contributed by atoms with Crippen LogP contribution in [0.4, 0.5) is 5.82 Å². The van der Waals surface area contributed by atoms with E-state index < -0.39 is 0 Å². The fraction of sp³-hybridized carbons (Fsp3) is 0.708. The van der Waals surface area contributed by atoms with Crippen molar-refractivity contribution in [1.29, 1.82) is 0 Å². The van der Waals surface area contributed by atoms with Gasteiger partial charge in [-0.1, -0.05) is 12.5 Å². The smallest absolute Gasteiger partial charge is 0.222 e. The monoisotopic (exact) mass is 571 g/mol. The predicted octanol–water partition coefficient (Wildman–Crippen LogP) is 2.72. The first-order valence-electron chi connectivity index (χ1n) is 12.2. The molecule has 1 aromatic rings. The number of carbonyl (C=O) groups excluding carboxylic acids is 1. The zero-order valence-electron chi connectivity index (χ0n) is 20.5. The number of hydrogen-bond donors (Lipinski definition) is 3. The lowest BCUT2D eigenvalue weighted by Crippen LogP contribution is -2.54. The molecule has 3 heterocycles. The van der Waals surface area contributed by atoms with Crippen LogP contribution < -0.4 is 21.3 Å². The quantitative estimate of drug-likeness (QED) is 0.252. The Labute approximate surface area is 216 Å². The number of likely N-dealkylation sites (tertiary alicyclic amines) is 1. The molecule has 0 radical (unpaired) electrons. The molecule has 4 N–H and O–H groups in total. The van der Waals surface area contributed by atoms with E-state index in [4.69, 9.17) is 10.7 Å². The standard InChI is InChI=1S/C24H41N7O.HI/c1-4-26-23(29-18-24(2,3)31-14-6-5-7-15-31)28-16-19-10-8-12-27-22(19)30-13-9-11-20(17-30)21(25)32;/h8,10,12,20H,4-7,9,11,13-18H2,1-3H3,(H2,25,32)(H2,26,28,29);1H. The first-order chi connectivity index (χ1) is 15.4. The molecular formula is C24H42IN7O. The first kappa shape index (κ1) is 27.6. The number of piperidine rings is 2. The molecule has 1 aromatic heterocycles. The van der Waals surface area contributed by atoms with Gasteiger partial charge in [0.2, 0.25) is 5.91 Å². The number of hydrogen-bond acceptors (Lipinski definition) is 5. The highest BCUT2D eigenvalue weighted by Gasteiger charge is 2.28. The second-order valence-electron chi connectivity index (χ2n) is 9.58. The van der Waals surface area contributed by atoms with E-state index in [0.717, 1.165) is 49.8 Å². The number of anilines is 1. The van der Waals surface area contributed by atoms with Crippen LogP contribution in [0.1, 0.15) is 58.4 Å². The lowest BCUT2D eigenvalue weighted by atomic mass is 9.97. The molecular weight excluding hydrogens is 529 g/mol. The second kappa shape index (κ2) is 13.3. The predicted molar refractivity (Wildman–Crippen MR) is 146 cm³/mol. The van der Waals surface area contributed by atoms with Gasteiger partial charge in [-0.3, -0.25) is 9.69 Å². The van der Waals surface area contributed by atoms with Gasteiger partial charge in [0.1, 0.15) is 5.82 Å². The number of aliphatic imine (C=N–C) groups is 1.